The molecule has 1 aromatic heterocycles. The Hall–Kier alpha value is -2.50. The Morgan fingerprint density at radius 1 is 1.11 bits per heavy atom. The van der Waals surface area contributed by atoms with Crippen molar-refractivity contribution in [2.75, 3.05) is 13.7 Å². The summed E-state index contributed by atoms with van der Waals surface area (Å²) in [6, 6.07) is 14.3. The maximum Gasteiger partial charge on any atom is 0.356 e. The molecule has 5 nitrogen and oxygen atoms in total. The van der Waals surface area contributed by atoms with E-state index in [9.17, 15) is 4.79 Å². The maximum atomic E-state index is 12.4. The number of carbonyl (C=O) groups excluding carboxylic acids is 1. The van der Waals surface area contributed by atoms with Crippen LogP contribution in [0.25, 0.3) is 11.3 Å². The van der Waals surface area contributed by atoms with Crippen LogP contribution in [0, 0.1) is 0 Å². The summed E-state index contributed by atoms with van der Waals surface area (Å²) in [5.41, 5.74) is 2.62. The molecule has 1 heterocycles. The molecule has 0 unspecified atom stereocenters. The molecule has 0 bridgehead atoms. The van der Waals surface area contributed by atoms with Crippen molar-refractivity contribution in [3.63, 3.8) is 0 Å². The largest absolute Gasteiger partial charge is 0.497 e. The van der Waals surface area contributed by atoms with E-state index in [1.807, 2.05) is 24.3 Å². The zero-order valence-corrected chi connectivity index (χ0v) is 16.4. The van der Waals surface area contributed by atoms with Crippen LogP contribution in [-0.4, -0.2) is 29.5 Å². The van der Waals surface area contributed by atoms with Gasteiger partial charge in [0.1, 0.15) is 11.4 Å². The Morgan fingerprint density at radius 3 is 2.52 bits per heavy atom. The van der Waals surface area contributed by atoms with E-state index in [0.29, 0.717) is 28.0 Å². The Balaban J connectivity index is 2.01. The number of hydrogen-bond donors (Lipinski definition) is 0. The van der Waals surface area contributed by atoms with Gasteiger partial charge in [-0.1, -0.05) is 23.2 Å². The molecule has 0 aliphatic heterocycles. The fourth-order valence-corrected chi connectivity index (χ4v) is 3.01. The van der Waals surface area contributed by atoms with E-state index in [-0.39, 0.29) is 6.61 Å². The molecule has 0 amide bonds. The lowest BCUT2D eigenvalue weighted by atomic mass is 10.1. The zero-order valence-electron chi connectivity index (χ0n) is 14.9. The lowest BCUT2D eigenvalue weighted by molar-refractivity contribution is 0.0512. The smallest absolute Gasteiger partial charge is 0.356 e. The summed E-state index contributed by atoms with van der Waals surface area (Å²) < 4.78 is 11.9. The minimum atomic E-state index is -0.442. The third-order valence-electron chi connectivity index (χ3n) is 3.98. The van der Waals surface area contributed by atoms with Crippen LogP contribution < -0.4 is 4.74 Å². The molecule has 0 spiro atoms. The van der Waals surface area contributed by atoms with Crippen molar-refractivity contribution in [1.82, 2.24) is 9.78 Å². The Kier molecular flexibility index (Phi) is 6.04. The molecule has 2 aromatic carbocycles. The summed E-state index contributed by atoms with van der Waals surface area (Å²) in [5.74, 6) is 0.303. The number of halogens is 2. The Labute approximate surface area is 167 Å². The van der Waals surface area contributed by atoms with E-state index in [4.69, 9.17) is 32.7 Å². The van der Waals surface area contributed by atoms with E-state index in [2.05, 4.69) is 5.10 Å². The van der Waals surface area contributed by atoms with Crippen LogP contribution in [-0.2, 0) is 11.3 Å². The van der Waals surface area contributed by atoms with Crippen LogP contribution in [0.1, 0.15) is 23.0 Å². The molecule has 0 N–H and O–H groups in total. The van der Waals surface area contributed by atoms with Gasteiger partial charge in [-0.2, -0.15) is 5.10 Å². The summed E-state index contributed by atoms with van der Waals surface area (Å²) in [6.45, 7) is 2.33. The van der Waals surface area contributed by atoms with Crippen molar-refractivity contribution in [2.45, 2.75) is 13.5 Å². The van der Waals surface area contributed by atoms with Gasteiger partial charge in [0, 0.05) is 15.6 Å². The first-order valence-electron chi connectivity index (χ1n) is 8.35. The predicted octanol–water partition coefficient (Wildman–Crippen LogP) is 5.09. The molecule has 0 saturated heterocycles. The molecule has 27 heavy (non-hydrogen) atoms. The van der Waals surface area contributed by atoms with Crippen molar-refractivity contribution in [3.8, 4) is 17.0 Å². The molecule has 0 aliphatic carbocycles. The third kappa shape index (κ3) is 4.43. The number of benzene rings is 2. The normalized spacial score (nSPS) is 10.7. The van der Waals surface area contributed by atoms with Crippen LogP contribution in [0.5, 0.6) is 5.75 Å². The first-order valence-corrected chi connectivity index (χ1v) is 9.10. The molecule has 0 fully saturated rings. The van der Waals surface area contributed by atoms with Gasteiger partial charge >= 0.3 is 5.97 Å². The standard InChI is InChI=1S/C20H18Cl2N2O3/c1-3-27-20(25)19-11-18(13-4-7-16(26-2)8-5-13)23-24(19)12-14-10-15(21)6-9-17(14)22/h4-11H,3,12H2,1-2H3. The lowest BCUT2D eigenvalue weighted by Gasteiger charge is -2.09. The minimum Gasteiger partial charge on any atom is -0.497 e. The summed E-state index contributed by atoms with van der Waals surface area (Å²) in [6.07, 6.45) is 0. The quantitative estimate of drug-likeness (QED) is 0.536. The lowest BCUT2D eigenvalue weighted by Crippen LogP contribution is -2.14. The van der Waals surface area contributed by atoms with Gasteiger partial charge in [0.2, 0.25) is 0 Å². The molecular formula is C20H18Cl2N2O3. The third-order valence-corrected chi connectivity index (χ3v) is 4.58. The van der Waals surface area contributed by atoms with Crippen LogP contribution in [0.15, 0.2) is 48.5 Å². The van der Waals surface area contributed by atoms with Gasteiger partial charge in [0.15, 0.2) is 0 Å². The topological polar surface area (TPSA) is 53.4 Å². The molecule has 0 aliphatic rings. The summed E-state index contributed by atoms with van der Waals surface area (Å²) in [5, 5.41) is 5.69. The number of carbonyl (C=O) groups is 1. The van der Waals surface area contributed by atoms with E-state index < -0.39 is 5.97 Å². The molecule has 7 heteroatoms. The van der Waals surface area contributed by atoms with Gasteiger partial charge in [0.25, 0.3) is 0 Å². The average molecular weight is 405 g/mol. The molecule has 140 valence electrons. The van der Waals surface area contributed by atoms with Gasteiger partial charge in [0.05, 0.1) is 26.0 Å². The maximum absolute atomic E-state index is 12.4. The van der Waals surface area contributed by atoms with Crippen molar-refractivity contribution < 1.29 is 14.3 Å². The highest BCUT2D eigenvalue weighted by atomic mass is 35.5. The Bertz CT molecular complexity index is 952. The SMILES string of the molecule is CCOC(=O)c1cc(-c2ccc(OC)cc2)nn1Cc1cc(Cl)ccc1Cl. The Morgan fingerprint density at radius 2 is 1.85 bits per heavy atom. The number of aromatic nitrogens is 2. The van der Waals surface area contributed by atoms with Gasteiger partial charge in [-0.05, 0) is 61.0 Å². The molecule has 0 radical (unpaired) electrons. The first kappa shape index (κ1) is 19.3. The van der Waals surface area contributed by atoms with E-state index >= 15 is 0 Å². The highest BCUT2D eigenvalue weighted by Crippen LogP contribution is 2.25. The number of esters is 1. The minimum absolute atomic E-state index is 0.278. The van der Waals surface area contributed by atoms with Gasteiger partial charge in [-0.3, -0.25) is 4.68 Å². The molecular weight excluding hydrogens is 387 g/mol. The number of rotatable bonds is 6. The van der Waals surface area contributed by atoms with Gasteiger partial charge in [-0.25, -0.2) is 4.79 Å². The van der Waals surface area contributed by atoms with Crippen LogP contribution in [0.4, 0.5) is 0 Å². The second kappa shape index (κ2) is 8.46. The second-order valence-corrected chi connectivity index (χ2v) is 6.60. The molecule has 3 rings (SSSR count). The van der Waals surface area contributed by atoms with Crippen molar-refractivity contribution >= 4 is 29.2 Å². The summed E-state index contributed by atoms with van der Waals surface area (Å²) in [4.78, 5) is 12.4. The highest BCUT2D eigenvalue weighted by Gasteiger charge is 2.18. The number of methoxy groups -OCH3 is 1. The number of nitrogens with zero attached hydrogens (tertiary/aromatic N) is 2. The van der Waals surface area contributed by atoms with E-state index in [1.165, 1.54) is 0 Å². The van der Waals surface area contributed by atoms with Crippen molar-refractivity contribution in [1.29, 1.82) is 0 Å². The molecule has 0 saturated carbocycles. The second-order valence-electron chi connectivity index (χ2n) is 5.76. The molecule has 0 atom stereocenters. The average Bonchev–Trinajstić information content (AvgIpc) is 3.09. The van der Waals surface area contributed by atoms with Crippen LogP contribution in [0.2, 0.25) is 10.0 Å². The van der Waals surface area contributed by atoms with E-state index in [0.717, 1.165) is 16.9 Å². The summed E-state index contributed by atoms with van der Waals surface area (Å²) in [7, 11) is 1.61. The zero-order chi connectivity index (χ0) is 19.4. The van der Waals surface area contributed by atoms with Gasteiger partial charge < -0.3 is 9.47 Å². The van der Waals surface area contributed by atoms with Crippen LogP contribution in [0.3, 0.4) is 0 Å². The fraction of sp³-hybridized carbons (Fsp3) is 0.200. The van der Waals surface area contributed by atoms with Crippen molar-refractivity contribution in [3.05, 3.63) is 69.8 Å². The monoisotopic (exact) mass is 404 g/mol. The fourth-order valence-electron chi connectivity index (χ4n) is 2.64. The van der Waals surface area contributed by atoms with Gasteiger partial charge in [-0.15, -0.1) is 0 Å². The van der Waals surface area contributed by atoms with Crippen LogP contribution >= 0.6 is 23.2 Å². The van der Waals surface area contributed by atoms with E-state index in [1.54, 1.807) is 43.0 Å². The van der Waals surface area contributed by atoms with Crippen molar-refractivity contribution in [2.24, 2.45) is 0 Å². The molecule has 3 aromatic rings. The predicted molar refractivity (Wildman–Crippen MR) is 106 cm³/mol. The number of hydrogen-bond acceptors (Lipinski definition) is 4. The number of ether oxygens (including phenoxy) is 2. The first-order chi connectivity index (χ1) is 13.0. The highest BCUT2D eigenvalue weighted by molar-refractivity contribution is 6.33. The summed E-state index contributed by atoms with van der Waals surface area (Å²) >= 11 is 12.3.